The first-order valence-electron chi connectivity index (χ1n) is 5.80. The van der Waals surface area contributed by atoms with E-state index < -0.39 is 19.3 Å². The van der Waals surface area contributed by atoms with Crippen molar-refractivity contribution in [3.8, 4) is 0 Å². The standard InChI is InChI=1S/C11H14N2O3.BF4/c1-8(14)13-10(11(15)16-2)6-9-4-3-5-12-7-9;2-1(3,4)5/h3-5,7,10H,6H2,1-2H3,(H,13,14);/q;-1/p+1/t10-;/m0./s1. The Morgan fingerprint density at radius 3 is 2.33 bits per heavy atom. The molecule has 1 heterocycles. The molecule has 5 nitrogen and oxygen atoms in total. The van der Waals surface area contributed by atoms with Crippen LogP contribution in [0.25, 0.3) is 0 Å². The van der Waals surface area contributed by atoms with Crippen LogP contribution in [0.3, 0.4) is 0 Å². The molecule has 0 unspecified atom stereocenters. The minimum Gasteiger partial charge on any atom is -0.467 e. The van der Waals surface area contributed by atoms with E-state index in [-0.39, 0.29) is 5.91 Å². The molecule has 0 saturated heterocycles. The highest BCUT2D eigenvalue weighted by atomic mass is 19.5. The number of methoxy groups -OCH3 is 1. The maximum absolute atomic E-state index is 11.4. The van der Waals surface area contributed by atoms with Crippen LogP contribution >= 0.6 is 0 Å². The maximum Gasteiger partial charge on any atom is 0.673 e. The Hall–Kier alpha value is -2.13. The SMILES string of the molecule is COC(=O)[C@H](Cc1ccc[nH+]c1)NC(C)=O.F[B-](F)(F)F. The highest BCUT2D eigenvalue weighted by Gasteiger charge is 2.21. The van der Waals surface area contributed by atoms with Crippen molar-refractivity contribution in [3.63, 3.8) is 0 Å². The van der Waals surface area contributed by atoms with Crippen LogP contribution in [0.4, 0.5) is 17.3 Å². The van der Waals surface area contributed by atoms with Crippen molar-refractivity contribution in [2.75, 3.05) is 7.11 Å². The number of amides is 1. The number of carbonyl (C=O) groups is 2. The molecule has 21 heavy (non-hydrogen) atoms. The van der Waals surface area contributed by atoms with Crippen LogP contribution in [0.1, 0.15) is 12.5 Å². The number of carbonyl (C=O) groups excluding carboxylic acids is 2. The van der Waals surface area contributed by atoms with Gasteiger partial charge in [0.25, 0.3) is 0 Å². The van der Waals surface area contributed by atoms with E-state index in [0.717, 1.165) is 5.56 Å². The highest BCUT2D eigenvalue weighted by molar-refractivity contribution is 6.50. The number of H-pyrrole nitrogens is 1. The maximum atomic E-state index is 11.4. The van der Waals surface area contributed by atoms with E-state index in [1.54, 1.807) is 12.4 Å². The van der Waals surface area contributed by atoms with Crippen LogP contribution < -0.4 is 10.3 Å². The average molecular weight is 310 g/mol. The van der Waals surface area contributed by atoms with Crippen molar-refractivity contribution in [2.24, 2.45) is 0 Å². The summed E-state index contributed by atoms with van der Waals surface area (Å²) in [6.45, 7) is 1.37. The number of hydrogen-bond acceptors (Lipinski definition) is 3. The Morgan fingerprint density at radius 2 is 1.95 bits per heavy atom. The predicted molar refractivity (Wildman–Crippen MR) is 66.5 cm³/mol. The first-order valence-corrected chi connectivity index (χ1v) is 5.80. The first kappa shape index (κ1) is 18.9. The lowest BCUT2D eigenvalue weighted by Crippen LogP contribution is -2.42. The van der Waals surface area contributed by atoms with E-state index >= 15 is 0 Å². The number of hydrogen-bond donors (Lipinski definition) is 1. The molecular weight excluding hydrogens is 295 g/mol. The molecule has 10 heteroatoms. The second-order valence-corrected chi connectivity index (χ2v) is 3.89. The predicted octanol–water partition coefficient (Wildman–Crippen LogP) is 1.02. The van der Waals surface area contributed by atoms with Gasteiger partial charge < -0.3 is 27.3 Å². The highest BCUT2D eigenvalue weighted by Crippen LogP contribution is 2.06. The first-order chi connectivity index (χ1) is 9.63. The van der Waals surface area contributed by atoms with Crippen LogP contribution in [-0.2, 0) is 20.7 Å². The number of pyridine rings is 1. The van der Waals surface area contributed by atoms with Crippen LogP contribution in [0.2, 0.25) is 0 Å². The van der Waals surface area contributed by atoms with Crippen LogP contribution in [0, 0.1) is 0 Å². The van der Waals surface area contributed by atoms with Crippen molar-refractivity contribution >= 4 is 19.1 Å². The monoisotopic (exact) mass is 310 g/mol. The summed E-state index contributed by atoms with van der Waals surface area (Å²) in [6, 6.07) is 3.06. The van der Waals surface area contributed by atoms with Gasteiger partial charge in [-0.05, 0) is 6.07 Å². The van der Waals surface area contributed by atoms with Crippen molar-refractivity contribution < 1.29 is 36.6 Å². The Balaban J connectivity index is 0.000000690. The molecule has 1 aromatic rings. The van der Waals surface area contributed by atoms with Crippen LogP contribution in [0.5, 0.6) is 0 Å². The van der Waals surface area contributed by atoms with Gasteiger partial charge in [-0.15, -0.1) is 0 Å². The van der Waals surface area contributed by atoms with Gasteiger partial charge >= 0.3 is 13.2 Å². The molecule has 0 aromatic carbocycles. The molecule has 118 valence electrons. The lowest BCUT2D eigenvalue weighted by Gasteiger charge is -2.14. The van der Waals surface area contributed by atoms with Crippen molar-refractivity contribution in [1.82, 2.24) is 5.32 Å². The molecule has 0 radical (unpaired) electrons. The summed E-state index contributed by atoms with van der Waals surface area (Å²) >= 11 is 0. The van der Waals surface area contributed by atoms with Gasteiger partial charge in [-0.3, -0.25) is 4.79 Å². The van der Waals surface area contributed by atoms with E-state index in [9.17, 15) is 26.9 Å². The Labute approximate surface area is 118 Å². The van der Waals surface area contributed by atoms with E-state index in [0.29, 0.717) is 6.42 Å². The zero-order chi connectivity index (χ0) is 16.5. The van der Waals surface area contributed by atoms with Crippen molar-refractivity contribution in [2.45, 2.75) is 19.4 Å². The van der Waals surface area contributed by atoms with Gasteiger partial charge in [-0.1, -0.05) is 0 Å². The molecule has 2 N–H and O–H groups in total. The van der Waals surface area contributed by atoms with E-state index in [2.05, 4.69) is 15.0 Å². The molecule has 1 amide bonds. The van der Waals surface area contributed by atoms with Crippen LogP contribution in [-0.4, -0.2) is 32.3 Å². The summed E-state index contributed by atoms with van der Waals surface area (Å²) in [5, 5.41) is 2.55. The van der Waals surface area contributed by atoms with Gasteiger partial charge in [0, 0.05) is 25.0 Å². The second kappa shape index (κ2) is 8.93. The summed E-state index contributed by atoms with van der Waals surface area (Å²) in [5.41, 5.74) is 0.923. The minimum atomic E-state index is -6.00. The molecule has 1 rings (SSSR count). The Bertz CT molecular complexity index is 451. The number of esters is 1. The lowest BCUT2D eigenvalue weighted by molar-refractivity contribution is -0.378. The van der Waals surface area contributed by atoms with E-state index in [1.165, 1.54) is 14.0 Å². The zero-order valence-corrected chi connectivity index (χ0v) is 11.4. The molecule has 0 aliphatic rings. The molecule has 1 aromatic heterocycles. The molecule has 0 saturated carbocycles. The van der Waals surface area contributed by atoms with Crippen LogP contribution in [0.15, 0.2) is 24.5 Å². The zero-order valence-electron chi connectivity index (χ0n) is 11.4. The fourth-order valence-electron chi connectivity index (χ4n) is 1.37. The summed E-state index contributed by atoms with van der Waals surface area (Å²) in [7, 11) is -4.70. The number of rotatable bonds is 4. The Morgan fingerprint density at radius 1 is 1.38 bits per heavy atom. The summed E-state index contributed by atoms with van der Waals surface area (Å²) in [4.78, 5) is 25.3. The third-order valence-corrected chi connectivity index (χ3v) is 2.07. The van der Waals surface area contributed by atoms with Crippen molar-refractivity contribution in [3.05, 3.63) is 30.1 Å². The molecule has 0 aliphatic carbocycles. The van der Waals surface area contributed by atoms with Gasteiger partial charge in [-0.2, -0.15) is 0 Å². The minimum absolute atomic E-state index is 0.254. The fraction of sp³-hybridized carbons (Fsp3) is 0.364. The molecular formula is C11H15BF4N2O3. The van der Waals surface area contributed by atoms with Gasteiger partial charge in [-0.25, -0.2) is 9.78 Å². The van der Waals surface area contributed by atoms with E-state index in [1.807, 2.05) is 12.1 Å². The fourth-order valence-corrected chi connectivity index (χ4v) is 1.37. The quantitative estimate of drug-likeness (QED) is 0.513. The molecule has 0 aliphatic heterocycles. The number of halogens is 4. The summed E-state index contributed by atoms with van der Waals surface area (Å²) in [5.74, 6) is -0.700. The topological polar surface area (TPSA) is 69.5 Å². The lowest BCUT2D eigenvalue weighted by atomic mass is 10.1. The molecule has 0 spiro atoms. The normalized spacial score (nSPS) is 11.7. The number of aromatic amines is 1. The second-order valence-electron chi connectivity index (χ2n) is 3.89. The van der Waals surface area contributed by atoms with E-state index in [4.69, 9.17) is 0 Å². The third-order valence-electron chi connectivity index (χ3n) is 2.07. The van der Waals surface area contributed by atoms with Gasteiger partial charge in [0.05, 0.1) is 7.11 Å². The number of nitrogens with one attached hydrogen (secondary N) is 2. The molecule has 0 bridgehead atoms. The van der Waals surface area contributed by atoms with Gasteiger partial charge in [0.1, 0.15) is 6.04 Å². The smallest absolute Gasteiger partial charge is 0.467 e. The number of aromatic nitrogens is 1. The summed E-state index contributed by atoms with van der Waals surface area (Å²) < 4.78 is 43.6. The third kappa shape index (κ3) is 11.4. The average Bonchev–Trinajstić information content (AvgIpc) is 2.36. The largest absolute Gasteiger partial charge is 0.673 e. The van der Waals surface area contributed by atoms with Crippen molar-refractivity contribution in [1.29, 1.82) is 0 Å². The molecule has 0 fully saturated rings. The Kier molecular flexibility index (Phi) is 8.03. The molecule has 1 atom stereocenters. The number of ether oxygens (including phenoxy) is 1. The van der Waals surface area contributed by atoms with Gasteiger partial charge in [0.2, 0.25) is 5.91 Å². The summed E-state index contributed by atoms with van der Waals surface area (Å²) in [6.07, 6.45) is 3.95. The van der Waals surface area contributed by atoms with Gasteiger partial charge in [0.15, 0.2) is 12.4 Å².